The smallest absolute Gasteiger partial charge is 0.133 e. The van der Waals surface area contributed by atoms with E-state index in [0.29, 0.717) is 6.54 Å². The molecule has 0 bridgehead atoms. The Morgan fingerprint density at radius 1 is 1.36 bits per heavy atom. The van der Waals surface area contributed by atoms with Crippen molar-refractivity contribution in [3.8, 4) is 0 Å². The van der Waals surface area contributed by atoms with E-state index in [2.05, 4.69) is 5.32 Å². The van der Waals surface area contributed by atoms with E-state index in [1.54, 1.807) is 7.05 Å². The zero-order valence-electron chi connectivity index (χ0n) is 8.27. The molecule has 14 heavy (non-hydrogen) atoms. The molecule has 0 spiro atoms. The summed E-state index contributed by atoms with van der Waals surface area (Å²) in [6, 6.07) is 3.86. The second-order valence-electron chi connectivity index (χ2n) is 3.16. The Hall–Kier alpha value is -1.22. The lowest BCUT2D eigenvalue weighted by atomic mass is 10.1. The molecule has 0 aromatic heterocycles. The van der Waals surface area contributed by atoms with Gasteiger partial charge in [0.25, 0.3) is 0 Å². The van der Waals surface area contributed by atoms with Crippen molar-refractivity contribution in [2.75, 3.05) is 13.6 Å². The fraction of sp³-hybridized carbons (Fsp3) is 0.273. The van der Waals surface area contributed by atoms with E-state index >= 15 is 0 Å². The molecule has 0 saturated carbocycles. The molecule has 3 heteroatoms. The Kier molecular flexibility index (Phi) is 3.77. The second-order valence-corrected chi connectivity index (χ2v) is 3.16. The minimum atomic E-state index is -0.527. The lowest BCUT2D eigenvalue weighted by Gasteiger charge is -2.02. The molecule has 0 aliphatic carbocycles. The number of halogens is 2. The molecule has 1 aromatic rings. The standard InChI is InChI=1S/C11H13F2N/c1-8(7-14-2)6-9-10(12)4-3-5-11(9)13/h3-6,14H,7H2,1-2H3. The van der Waals surface area contributed by atoms with Crippen molar-refractivity contribution in [1.82, 2.24) is 5.32 Å². The Bertz CT molecular complexity index is 325. The average molecular weight is 197 g/mol. The van der Waals surface area contributed by atoms with E-state index in [9.17, 15) is 8.78 Å². The molecule has 1 rings (SSSR count). The molecular weight excluding hydrogens is 184 g/mol. The molecule has 1 N–H and O–H groups in total. The average Bonchev–Trinajstić information content (AvgIpc) is 2.12. The van der Waals surface area contributed by atoms with E-state index in [1.807, 2.05) is 6.92 Å². The van der Waals surface area contributed by atoms with Crippen LogP contribution in [0.4, 0.5) is 8.78 Å². The van der Waals surface area contributed by atoms with Crippen LogP contribution in [0.5, 0.6) is 0 Å². The Morgan fingerprint density at radius 2 is 1.93 bits per heavy atom. The van der Waals surface area contributed by atoms with Crippen molar-refractivity contribution in [3.63, 3.8) is 0 Å². The quantitative estimate of drug-likeness (QED) is 0.785. The van der Waals surface area contributed by atoms with Crippen LogP contribution < -0.4 is 5.32 Å². The number of nitrogens with one attached hydrogen (secondary N) is 1. The first-order valence-corrected chi connectivity index (χ1v) is 4.41. The van der Waals surface area contributed by atoms with Crippen LogP contribution in [0.2, 0.25) is 0 Å². The molecule has 0 heterocycles. The van der Waals surface area contributed by atoms with Gasteiger partial charge in [0, 0.05) is 12.1 Å². The van der Waals surface area contributed by atoms with Crippen LogP contribution in [0, 0.1) is 11.6 Å². The second kappa shape index (κ2) is 4.86. The highest BCUT2D eigenvalue weighted by Gasteiger charge is 2.04. The van der Waals surface area contributed by atoms with Gasteiger partial charge in [-0.1, -0.05) is 11.6 Å². The van der Waals surface area contributed by atoms with Crippen LogP contribution in [0.15, 0.2) is 23.8 Å². The summed E-state index contributed by atoms with van der Waals surface area (Å²) in [7, 11) is 1.79. The summed E-state index contributed by atoms with van der Waals surface area (Å²) in [5.41, 5.74) is 0.914. The third kappa shape index (κ3) is 2.64. The van der Waals surface area contributed by atoms with Gasteiger partial charge in [0.1, 0.15) is 11.6 Å². The molecular formula is C11H13F2N. The fourth-order valence-corrected chi connectivity index (χ4v) is 1.22. The Morgan fingerprint density at radius 3 is 2.43 bits per heavy atom. The maximum absolute atomic E-state index is 13.1. The normalized spacial score (nSPS) is 11.9. The van der Waals surface area contributed by atoms with Crippen LogP contribution in [-0.2, 0) is 0 Å². The lowest BCUT2D eigenvalue weighted by molar-refractivity contribution is 0.578. The predicted molar refractivity (Wildman–Crippen MR) is 53.9 cm³/mol. The highest BCUT2D eigenvalue weighted by molar-refractivity contribution is 5.54. The Labute approximate surface area is 82.4 Å². The summed E-state index contributed by atoms with van der Waals surface area (Å²) < 4.78 is 26.3. The van der Waals surface area contributed by atoms with Gasteiger partial charge in [0.15, 0.2) is 0 Å². The summed E-state index contributed by atoms with van der Waals surface area (Å²) >= 11 is 0. The van der Waals surface area contributed by atoms with Crippen LogP contribution in [0.1, 0.15) is 12.5 Å². The monoisotopic (exact) mass is 197 g/mol. The molecule has 1 aromatic carbocycles. The van der Waals surface area contributed by atoms with Gasteiger partial charge in [-0.2, -0.15) is 0 Å². The largest absolute Gasteiger partial charge is 0.316 e. The highest BCUT2D eigenvalue weighted by atomic mass is 19.1. The first-order chi connectivity index (χ1) is 6.65. The number of rotatable bonds is 3. The Balaban J connectivity index is 3.01. The molecule has 0 amide bonds. The van der Waals surface area contributed by atoms with E-state index in [1.165, 1.54) is 24.3 Å². The fourth-order valence-electron chi connectivity index (χ4n) is 1.22. The number of hydrogen-bond acceptors (Lipinski definition) is 1. The molecule has 0 aliphatic heterocycles. The van der Waals surface area contributed by atoms with Crippen molar-refractivity contribution in [2.24, 2.45) is 0 Å². The van der Waals surface area contributed by atoms with Crippen molar-refractivity contribution in [2.45, 2.75) is 6.92 Å². The van der Waals surface area contributed by atoms with Gasteiger partial charge >= 0.3 is 0 Å². The van der Waals surface area contributed by atoms with Gasteiger partial charge in [-0.05, 0) is 32.2 Å². The van der Waals surface area contributed by atoms with E-state index < -0.39 is 11.6 Å². The molecule has 1 nitrogen and oxygen atoms in total. The van der Waals surface area contributed by atoms with Gasteiger partial charge in [-0.25, -0.2) is 8.78 Å². The molecule has 0 aliphatic rings. The van der Waals surface area contributed by atoms with E-state index in [4.69, 9.17) is 0 Å². The first kappa shape index (κ1) is 10.9. The summed E-state index contributed by atoms with van der Waals surface area (Å²) in [4.78, 5) is 0. The van der Waals surface area contributed by atoms with Gasteiger partial charge < -0.3 is 5.32 Å². The van der Waals surface area contributed by atoms with Gasteiger partial charge in [0.05, 0.1) is 0 Å². The van der Waals surface area contributed by atoms with Gasteiger partial charge in [-0.15, -0.1) is 0 Å². The van der Waals surface area contributed by atoms with Crippen molar-refractivity contribution in [1.29, 1.82) is 0 Å². The molecule has 76 valence electrons. The molecule has 0 radical (unpaired) electrons. The van der Waals surface area contributed by atoms with Gasteiger partial charge in [-0.3, -0.25) is 0 Å². The highest BCUT2D eigenvalue weighted by Crippen LogP contribution is 2.15. The molecule has 0 atom stereocenters. The summed E-state index contributed by atoms with van der Waals surface area (Å²) in [6.07, 6.45) is 1.52. The summed E-state index contributed by atoms with van der Waals surface area (Å²) in [5.74, 6) is -1.05. The molecule has 0 unspecified atom stereocenters. The van der Waals surface area contributed by atoms with Crippen LogP contribution in [-0.4, -0.2) is 13.6 Å². The minimum absolute atomic E-state index is 0.0280. The zero-order chi connectivity index (χ0) is 10.6. The van der Waals surface area contributed by atoms with Crippen molar-refractivity contribution < 1.29 is 8.78 Å². The van der Waals surface area contributed by atoms with Crippen LogP contribution in [0.25, 0.3) is 6.08 Å². The SMILES string of the molecule is CNCC(C)=Cc1c(F)cccc1F. The molecule has 0 saturated heterocycles. The maximum atomic E-state index is 13.1. The molecule has 0 fully saturated rings. The van der Waals surface area contributed by atoms with E-state index in [0.717, 1.165) is 5.57 Å². The minimum Gasteiger partial charge on any atom is -0.316 e. The number of benzene rings is 1. The predicted octanol–water partition coefficient (Wildman–Crippen LogP) is 2.59. The van der Waals surface area contributed by atoms with E-state index in [-0.39, 0.29) is 5.56 Å². The summed E-state index contributed by atoms with van der Waals surface area (Å²) in [6.45, 7) is 2.44. The number of likely N-dealkylation sites (N-methyl/N-ethyl adjacent to an activating group) is 1. The third-order valence-electron chi connectivity index (χ3n) is 1.85. The van der Waals surface area contributed by atoms with Gasteiger partial charge in [0.2, 0.25) is 0 Å². The first-order valence-electron chi connectivity index (χ1n) is 4.41. The summed E-state index contributed by atoms with van der Waals surface area (Å²) in [5, 5.41) is 2.91. The van der Waals surface area contributed by atoms with Crippen LogP contribution in [0.3, 0.4) is 0 Å². The number of hydrogen-bond donors (Lipinski definition) is 1. The van der Waals surface area contributed by atoms with Crippen LogP contribution >= 0.6 is 0 Å². The maximum Gasteiger partial charge on any atom is 0.133 e. The third-order valence-corrected chi connectivity index (χ3v) is 1.85. The zero-order valence-corrected chi connectivity index (χ0v) is 8.27. The lowest BCUT2D eigenvalue weighted by Crippen LogP contribution is -2.08. The van der Waals surface area contributed by atoms with Crippen molar-refractivity contribution in [3.05, 3.63) is 41.0 Å². The van der Waals surface area contributed by atoms with Crippen molar-refractivity contribution >= 4 is 6.08 Å². The topological polar surface area (TPSA) is 12.0 Å².